The average molecular weight is 499 g/mol. The molecule has 1 atom stereocenters. The number of hydrogen-bond donors (Lipinski definition) is 2. The molecule has 2 aromatic carbocycles. The summed E-state index contributed by atoms with van der Waals surface area (Å²) in [7, 11) is -6.22. The molecule has 0 spiro atoms. The quantitative estimate of drug-likeness (QED) is 0.479. The first-order valence-electron chi connectivity index (χ1n) is 8.87. The van der Waals surface area contributed by atoms with Crippen LogP contribution in [0.3, 0.4) is 0 Å². The molecule has 0 aliphatic heterocycles. The summed E-state index contributed by atoms with van der Waals surface area (Å²) in [5.74, 6) is -0.574. The van der Waals surface area contributed by atoms with Crippen LogP contribution in [0.2, 0.25) is 0 Å². The van der Waals surface area contributed by atoms with Crippen LogP contribution in [0.1, 0.15) is 0 Å². The van der Waals surface area contributed by atoms with E-state index < -0.39 is 43.8 Å². The Morgan fingerprint density at radius 2 is 1.44 bits per heavy atom. The van der Waals surface area contributed by atoms with Gasteiger partial charge in [-0.25, -0.2) is 26.6 Å². The predicted molar refractivity (Wildman–Crippen MR) is 108 cm³/mol. The van der Waals surface area contributed by atoms with Gasteiger partial charge in [0.25, 0.3) is 0 Å². The van der Waals surface area contributed by atoms with E-state index in [9.17, 15) is 35.2 Å². The fourth-order valence-electron chi connectivity index (χ4n) is 2.50. The van der Waals surface area contributed by atoms with E-state index in [1.165, 1.54) is 43.4 Å². The summed E-state index contributed by atoms with van der Waals surface area (Å²) in [5, 5.41) is 9.21. The second-order valence-corrected chi connectivity index (χ2v) is 10.9. The third-order valence-electron chi connectivity index (χ3n) is 4.12. The summed E-state index contributed by atoms with van der Waals surface area (Å²) in [5.41, 5.74) is 1.80. The predicted octanol–water partition coefficient (Wildman–Crippen LogP) is 2.39. The van der Waals surface area contributed by atoms with Crippen LogP contribution in [-0.4, -0.2) is 64.4 Å². The Balaban J connectivity index is 2.05. The number of hydroxylamine groups is 1. The SMILES string of the molecule is CN(CC(CS(=O)(=O)c1ccc(Oc2ccc(OC(F)(F)F)cc2)cc1)NO)S(C)(=O)=O. The lowest BCUT2D eigenvalue weighted by Crippen LogP contribution is -2.44. The van der Waals surface area contributed by atoms with Crippen LogP contribution >= 0.6 is 0 Å². The molecule has 2 rings (SSSR count). The highest BCUT2D eigenvalue weighted by molar-refractivity contribution is 7.91. The lowest BCUT2D eigenvalue weighted by atomic mass is 10.3. The van der Waals surface area contributed by atoms with Crippen molar-refractivity contribution in [2.75, 3.05) is 25.6 Å². The van der Waals surface area contributed by atoms with E-state index in [2.05, 4.69) is 4.74 Å². The molecule has 0 aliphatic carbocycles. The number of nitrogens with one attached hydrogen (secondary N) is 1. The number of hydrogen-bond acceptors (Lipinski definition) is 8. The monoisotopic (exact) mass is 498 g/mol. The highest BCUT2D eigenvalue weighted by Gasteiger charge is 2.31. The maximum atomic E-state index is 12.6. The summed E-state index contributed by atoms with van der Waals surface area (Å²) in [6.45, 7) is -0.274. The van der Waals surface area contributed by atoms with Crippen LogP contribution in [0, 0.1) is 0 Å². The summed E-state index contributed by atoms with van der Waals surface area (Å²) < 4.78 is 94.8. The van der Waals surface area contributed by atoms with Crippen molar-refractivity contribution < 1.29 is 44.7 Å². The van der Waals surface area contributed by atoms with Crippen LogP contribution in [0.5, 0.6) is 17.2 Å². The van der Waals surface area contributed by atoms with E-state index in [1.807, 2.05) is 0 Å². The number of nitrogens with zero attached hydrogens (tertiary/aromatic N) is 1. The normalized spacial score (nSPS) is 13.7. The molecule has 2 N–H and O–H groups in total. The highest BCUT2D eigenvalue weighted by Crippen LogP contribution is 2.28. The molecular formula is C18H21F3N2O7S2. The Morgan fingerprint density at radius 1 is 0.969 bits per heavy atom. The zero-order valence-electron chi connectivity index (χ0n) is 16.9. The Kier molecular flexibility index (Phi) is 8.12. The minimum Gasteiger partial charge on any atom is -0.457 e. The second-order valence-electron chi connectivity index (χ2n) is 6.74. The van der Waals surface area contributed by atoms with Gasteiger partial charge in [0, 0.05) is 13.6 Å². The van der Waals surface area contributed by atoms with Gasteiger partial charge in [0.1, 0.15) is 17.2 Å². The van der Waals surface area contributed by atoms with Crippen molar-refractivity contribution in [3.8, 4) is 17.2 Å². The second kappa shape index (κ2) is 10.0. The van der Waals surface area contributed by atoms with E-state index in [0.29, 0.717) is 0 Å². The van der Waals surface area contributed by atoms with Crippen LogP contribution in [0.15, 0.2) is 53.4 Å². The minimum absolute atomic E-state index is 0.0963. The Bertz CT molecular complexity index is 1100. The first-order chi connectivity index (χ1) is 14.7. The van der Waals surface area contributed by atoms with Crippen molar-refractivity contribution >= 4 is 19.9 Å². The molecule has 32 heavy (non-hydrogen) atoms. The molecule has 0 saturated heterocycles. The molecule has 0 saturated carbocycles. The van der Waals surface area contributed by atoms with Crippen LogP contribution < -0.4 is 15.0 Å². The molecule has 0 aromatic heterocycles. The van der Waals surface area contributed by atoms with Crippen molar-refractivity contribution in [2.24, 2.45) is 0 Å². The van der Waals surface area contributed by atoms with Gasteiger partial charge < -0.3 is 14.7 Å². The third-order valence-corrected chi connectivity index (χ3v) is 7.24. The van der Waals surface area contributed by atoms with Crippen LogP contribution in [-0.2, 0) is 19.9 Å². The molecule has 14 heteroatoms. The minimum atomic E-state index is -4.81. The van der Waals surface area contributed by atoms with Gasteiger partial charge in [-0.2, -0.15) is 0 Å². The van der Waals surface area contributed by atoms with E-state index in [4.69, 9.17) is 4.74 Å². The summed E-state index contributed by atoms with van der Waals surface area (Å²) in [6, 6.07) is 8.75. The van der Waals surface area contributed by atoms with E-state index in [0.717, 1.165) is 22.7 Å². The third kappa shape index (κ3) is 7.94. The Labute approximate surface area is 183 Å². The van der Waals surface area contributed by atoms with Crippen molar-refractivity contribution in [1.29, 1.82) is 0 Å². The zero-order valence-corrected chi connectivity index (χ0v) is 18.5. The van der Waals surface area contributed by atoms with E-state index in [-0.39, 0.29) is 22.9 Å². The van der Waals surface area contributed by atoms with Crippen LogP contribution in [0.25, 0.3) is 0 Å². The van der Waals surface area contributed by atoms with Gasteiger partial charge in [-0.1, -0.05) is 0 Å². The average Bonchev–Trinajstić information content (AvgIpc) is 2.67. The molecule has 0 fully saturated rings. The maximum Gasteiger partial charge on any atom is 0.573 e. The number of halogens is 3. The maximum absolute atomic E-state index is 12.6. The number of sulfone groups is 1. The Morgan fingerprint density at radius 3 is 1.88 bits per heavy atom. The van der Waals surface area contributed by atoms with Crippen molar-refractivity contribution in [3.05, 3.63) is 48.5 Å². The van der Waals surface area contributed by atoms with E-state index >= 15 is 0 Å². The standard InChI is InChI=1S/C18H21F3N2O7S2/c1-23(31(2,25)26)11-13(22-24)12-32(27,28)17-9-7-15(8-10-17)29-14-3-5-16(6-4-14)30-18(19,20)21/h3-10,13,22,24H,11-12H2,1-2H3. The van der Waals surface area contributed by atoms with Gasteiger partial charge in [-0.15, -0.1) is 13.2 Å². The number of likely N-dealkylation sites (N-methyl/N-ethyl adjacent to an activating group) is 1. The number of rotatable bonds is 10. The first-order valence-corrected chi connectivity index (χ1v) is 12.4. The highest BCUT2D eigenvalue weighted by atomic mass is 32.2. The molecule has 0 bridgehead atoms. The molecule has 0 heterocycles. The molecule has 0 amide bonds. The van der Waals surface area contributed by atoms with Gasteiger partial charge in [-0.05, 0) is 48.5 Å². The molecule has 9 nitrogen and oxygen atoms in total. The van der Waals surface area contributed by atoms with Crippen molar-refractivity contribution in [1.82, 2.24) is 9.79 Å². The molecule has 2 aromatic rings. The fraction of sp³-hybridized carbons (Fsp3) is 0.333. The zero-order chi connectivity index (χ0) is 24.2. The van der Waals surface area contributed by atoms with Gasteiger partial charge in [-0.3, -0.25) is 0 Å². The largest absolute Gasteiger partial charge is 0.573 e. The summed E-state index contributed by atoms with van der Waals surface area (Å²) in [4.78, 5) is -0.0963. The van der Waals surface area contributed by atoms with Crippen LogP contribution in [0.4, 0.5) is 13.2 Å². The number of ether oxygens (including phenoxy) is 2. The lowest BCUT2D eigenvalue weighted by Gasteiger charge is -2.21. The van der Waals surface area contributed by atoms with E-state index in [1.54, 1.807) is 5.48 Å². The van der Waals surface area contributed by atoms with Crippen molar-refractivity contribution in [3.63, 3.8) is 0 Å². The topological polar surface area (TPSA) is 122 Å². The number of alkyl halides is 3. The van der Waals surface area contributed by atoms with Gasteiger partial charge in [0.15, 0.2) is 9.84 Å². The lowest BCUT2D eigenvalue weighted by molar-refractivity contribution is -0.274. The molecule has 0 aliphatic rings. The van der Waals surface area contributed by atoms with Gasteiger partial charge in [0.2, 0.25) is 10.0 Å². The molecule has 0 radical (unpaired) electrons. The number of sulfonamides is 1. The smallest absolute Gasteiger partial charge is 0.457 e. The first kappa shape index (κ1) is 25.9. The van der Waals surface area contributed by atoms with Crippen molar-refractivity contribution in [2.45, 2.75) is 17.3 Å². The van der Waals surface area contributed by atoms with Gasteiger partial charge in [0.05, 0.1) is 22.9 Å². The fourth-order valence-corrected chi connectivity index (χ4v) is 4.40. The molecule has 178 valence electrons. The summed E-state index contributed by atoms with van der Waals surface area (Å²) >= 11 is 0. The molecule has 1 unspecified atom stereocenters. The van der Waals surface area contributed by atoms with Gasteiger partial charge >= 0.3 is 6.36 Å². The molecular weight excluding hydrogens is 477 g/mol. The Hall–Kier alpha value is -2.39. The summed E-state index contributed by atoms with van der Waals surface area (Å²) in [6.07, 6.45) is -3.86. The number of benzene rings is 2.